The number of rotatable bonds is 9. The summed E-state index contributed by atoms with van der Waals surface area (Å²) in [5.74, 6) is 0.498. The first-order valence-corrected chi connectivity index (χ1v) is 14.0. The third kappa shape index (κ3) is 5.68. The smallest absolute Gasteiger partial charge is 0.354 e. The van der Waals surface area contributed by atoms with Crippen LogP contribution in [0.2, 0.25) is 4.34 Å². The first kappa shape index (κ1) is 25.2. The van der Waals surface area contributed by atoms with Gasteiger partial charge in [0.15, 0.2) is 11.3 Å². The normalized spacial score (nSPS) is 18.5. The number of hydrogen-bond acceptors (Lipinski definition) is 8. The second-order valence-corrected chi connectivity index (χ2v) is 11.5. The number of ether oxygens (including phenoxy) is 2. The topological polar surface area (TPSA) is 103 Å². The number of carbonyl (C=O) groups is 1. The van der Waals surface area contributed by atoms with Crippen molar-refractivity contribution in [2.24, 2.45) is 0 Å². The molecule has 0 radical (unpaired) electrons. The van der Waals surface area contributed by atoms with Crippen molar-refractivity contribution in [3.63, 3.8) is 0 Å². The highest BCUT2D eigenvalue weighted by Gasteiger charge is 2.26. The first-order valence-electron chi connectivity index (χ1n) is 12.8. The van der Waals surface area contributed by atoms with Crippen LogP contribution in [0.3, 0.4) is 0 Å². The van der Waals surface area contributed by atoms with Gasteiger partial charge in [-0.3, -0.25) is 4.90 Å². The van der Waals surface area contributed by atoms with Crippen molar-refractivity contribution in [3.05, 3.63) is 68.9 Å². The molecule has 0 saturated carbocycles. The number of carboxylic acids is 1. The number of piperidine rings is 1. The lowest BCUT2D eigenvalue weighted by Crippen LogP contribution is -2.39. The molecule has 2 fully saturated rings. The van der Waals surface area contributed by atoms with Gasteiger partial charge in [0, 0.05) is 42.8 Å². The number of thiophene rings is 1. The van der Waals surface area contributed by atoms with E-state index in [1.807, 2.05) is 34.9 Å². The van der Waals surface area contributed by atoms with Gasteiger partial charge in [0.25, 0.3) is 0 Å². The van der Waals surface area contributed by atoms with E-state index in [9.17, 15) is 9.90 Å². The Kier molecular flexibility index (Phi) is 7.29. The minimum atomic E-state index is -1.04. The molecule has 38 heavy (non-hydrogen) atoms. The molecule has 0 amide bonds. The lowest BCUT2D eigenvalue weighted by molar-refractivity contribution is -0.0593. The van der Waals surface area contributed by atoms with Gasteiger partial charge in [-0.15, -0.1) is 11.3 Å². The molecule has 11 heteroatoms. The van der Waals surface area contributed by atoms with Crippen LogP contribution in [0.4, 0.5) is 0 Å². The second kappa shape index (κ2) is 11.0. The zero-order valence-corrected chi connectivity index (χ0v) is 22.3. The summed E-state index contributed by atoms with van der Waals surface area (Å²) < 4.78 is 14.7. The molecular formula is C27H28ClN5O4S. The maximum Gasteiger partial charge on any atom is 0.354 e. The summed E-state index contributed by atoms with van der Waals surface area (Å²) in [4.78, 5) is 28.9. The van der Waals surface area contributed by atoms with Gasteiger partial charge in [0.1, 0.15) is 17.4 Å². The molecule has 2 saturated heterocycles. The van der Waals surface area contributed by atoms with E-state index in [4.69, 9.17) is 31.0 Å². The van der Waals surface area contributed by atoms with E-state index in [0.29, 0.717) is 30.1 Å². The summed E-state index contributed by atoms with van der Waals surface area (Å²) in [7, 11) is 0. The molecule has 1 atom stereocenters. The monoisotopic (exact) mass is 553 g/mol. The summed E-state index contributed by atoms with van der Waals surface area (Å²) in [6.07, 6.45) is 3.71. The van der Waals surface area contributed by atoms with Gasteiger partial charge in [-0.2, -0.15) is 0 Å². The second-order valence-electron chi connectivity index (χ2n) is 9.71. The SMILES string of the molecule is O=C(O)c1ccc2nc(CN3CCC(Oc4cccc(Cc5ccc(Cl)s5)n4)CC3)n(CC3CCO3)c2n1. The summed E-state index contributed by atoms with van der Waals surface area (Å²) in [6, 6.07) is 13.1. The van der Waals surface area contributed by atoms with E-state index in [2.05, 4.69) is 9.88 Å². The number of likely N-dealkylation sites (tertiary alicyclic amines) is 1. The molecule has 0 spiro atoms. The van der Waals surface area contributed by atoms with Crippen molar-refractivity contribution < 1.29 is 19.4 Å². The maximum atomic E-state index is 11.5. The maximum absolute atomic E-state index is 11.5. The molecule has 2 aliphatic heterocycles. The van der Waals surface area contributed by atoms with E-state index >= 15 is 0 Å². The third-order valence-electron chi connectivity index (χ3n) is 7.02. The predicted octanol–water partition coefficient (Wildman–Crippen LogP) is 4.66. The van der Waals surface area contributed by atoms with Crippen LogP contribution >= 0.6 is 22.9 Å². The van der Waals surface area contributed by atoms with Crippen LogP contribution in [0.25, 0.3) is 11.2 Å². The van der Waals surface area contributed by atoms with Crippen molar-refractivity contribution >= 4 is 40.1 Å². The standard InChI is InChI=1S/C27H28ClN5O4S/c28-23-7-4-20(38-23)14-17-2-1-3-25(29-17)37-18-8-11-32(12-9-18)16-24-30-21-5-6-22(27(34)35)31-26(21)33(24)15-19-10-13-36-19/h1-7,18-19H,8-16H2,(H,34,35). The van der Waals surface area contributed by atoms with E-state index in [0.717, 1.165) is 61.2 Å². The molecule has 0 aromatic carbocycles. The van der Waals surface area contributed by atoms with E-state index in [1.54, 1.807) is 17.4 Å². The van der Waals surface area contributed by atoms with Crippen LogP contribution in [-0.4, -0.2) is 67.4 Å². The van der Waals surface area contributed by atoms with Crippen molar-refractivity contribution in [2.45, 2.75) is 51.0 Å². The Bertz CT molecular complexity index is 1440. The van der Waals surface area contributed by atoms with Crippen molar-refractivity contribution in [2.75, 3.05) is 19.7 Å². The Hall–Kier alpha value is -3.05. The Balaban J connectivity index is 1.09. The van der Waals surface area contributed by atoms with Gasteiger partial charge in [-0.05, 0) is 49.6 Å². The average Bonchev–Trinajstić information content (AvgIpc) is 3.44. The van der Waals surface area contributed by atoms with Crippen molar-refractivity contribution in [3.8, 4) is 5.88 Å². The van der Waals surface area contributed by atoms with E-state index in [1.165, 1.54) is 10.9 Å². The third-order valence-corrected chi connectivity index (χ3v) is 8.25. The van der Waals surface area contributed by atoms with Gasteiger partial charge in [0.05, 0.1) is 23.5 Å². The van der Waals surface area contributed by atoms with Crippen LogP contribution in [-0.2, 0) is 24.2 Å². The molecule has 4 aromatic heterocycles. The molecule has 6 heterocycles. The summed E-state index contributed by atoms with van der Waals surface area (Å²) in [5, 5.41) is 9.41. The molecule has 1 unspecified atom stereocenters. The van der Waals surface area contributed by atoms with Crippen molar-refractivity contribution in [1.29, 1.82) is 0 Å². The molecule has 9 nitrogen and oxygen atoms in total. The quantitative estimate of drug-likeness (QED) is 0.319. The van der Waals surface area contributed by atoms with Gasteiger partial charge in [-0.25, -0.2) is 19.7 Å². The minimum Gasteiger partial charge on any atom is -0.477 e. The zero-order valence-electron chi connectivity index (χ0n) is 20.8. The highest BCUT2D eigenvalue weighted by molar-refractivity contribution is 7.16. The number of fused-ring (bicyclic) bond motifs is 1. The summed E-state index contributed by atoms with van der Waals surface area (Å²) >= 11 is 7.63. The molecule has 0 bridgehead atoms. The fraction of sp³-hybridized carbons (Fsp3) is 0.407. The molecule has 0 aliphatic carbocycles. The fourth-order valence-electron chi connectivity index (χ4n) is 4.92. The lowest BCUT2D eigenvalue weighted by atomic mass is 10.1. The Morgan fingerprint density at radius 1 is 1.11 bits per heavy atom. The lowest BCUT2D eigenvalue weighted by Gasteiger charge is -2.32. The van der Waals surface area contributed by atoms with Crippen LogP contribution in [0, 0.1) is 0 Å². The number of aromatic carboxylic acids is 1. The molecule has 2 aliphatic rings. The molecular weight excluding hydrogens is 526 g/mol. The largest absolute Gasteiger partial charge is 0.477 e. The van der Waals surface area contributed by atoms with E-state index < -0.39 is 5.97 Å². The Labute approximate surface area is 229 Å². The molecule has 1 N–H and O–H groups in total. The number of pyridine rings is 2. The summed E-state index contributed by atoms with van der Waals surface area (Å²) in [5.41, 5.74) is 2.30. The van der Waals surface area contributed by atoms with Gasteiger partial charge in [0.2, 0.25) is 5.88 Å². The number of hydrogen-bond donors (Lipinski definition) is 1. The highest BCUT2D eigenvalue weighted by atomic mass is 35.5. The first-order chi connectivity index (χ1) is 18.5. The number of halogens is 1. The van der Waals surface area contributed by atoms with Crippen LogP contribution in [0.1, 0.15) is 46.1 Å². The number of nitrogens with zero attached hydrogens (tertiary/aromatic N) is 5. The summed E-state index contributed by atoms with van der Waals surface area (Å²) in [6.45, 7) is 3.79. The minimum absolute atomic E-state index is 0.0227. The number of aromatic nitrogens is 4. The van der Waals surface area contributed by atoms with Gasteiger partial charge >= 0.3 is 5.97 Å². The van der Waals surface area contributed by atoms with Crippen LogP contribution in [0.15, 0.2) is 42.5 Å². The number of imidazole rings is 1. The number of carboxylic acid groups (broad SMARTS) is 1. The molecule has 6 rings (SSSR count). The Morgan fingerprint density at radius 2 is 1.95 bits per heavy atom. The Morgan fingerprint density at radius 3 is 2.66 bits per heavy atom. The molecule has 4 aromatic rings. The predicted molar refractivity (Wildman–Crippen MR) is 144 cm³/mol. The van der Waals surface area contributed by atoms with E-state index in [-0.39, 0.29) is 17.9 Å². The zero-order chi connectivity index (χ0) is 26.1. The average molecular weight is 554 g/mol. The fourth-order valence-corrected chi connectivity index (χ4v) is 6.02. The van der Waals surface area contributed by atoms with Crippen LogP contribution in [0.5, 0.6) is 5.88 Å². The highest BCUT2D eigenvalue weighted by Crippen LogP contribution is 2.26. The van der Waals surface area contributed by atoms with Crippen molar-refractivity contribution in [1.82, 2.24) is 24.4 Å². The van der Waals surface area contributed by atoms with Crippen LogP contribution < -0.4 is 4.74 Å². The van der Waals surface area contributed by atoms with Gasteiger partial charge < -0.3 is 19.1 Å². The molecule has 198 valence electrons. The van der Waals surface area contributed by atoms with Gasteiger partial charge in [-0.1, -0.05) is 17.7 Å².